The van der Waals surface area contributed by atoms with Gasteiger partial charge in [0.15, 0.2) is 0 Å². The van der Waals surface area contributed by atoms with Crippen molar-refractivity contribution in [3.8, 4) is 11.3 Å². The van der Waals surface area contributed by atoms with Crippen LogP contribution in [0.15, 0.2) is 36.5 Å². The monoisotopic (exact) mass is 353 g/mol. The molecule has 1 aliphatic rings. The lowest BCUT2D eigenvalue weighted by Gasteiger charge is -2.18. The van der Waals surface area contributed by atoms with E-state index in [0.29, 0.717) is 11.3 Å². The fourth-order valence-corrected chi connectivity index (χ4v) is 3.00. The van der Waals surface area contributed by atoms with E-state index in [1.165, 1.54) is 6.20 Å². The Morgan fingerprint density at radius 3 is 2.44 bits per heavy atom. The van der Waals surface area contributed by atoms with Crippen molar-refractivity contribution in [2.24, 2.45) is 11.8 Å². The number of carbonyl (C=O) groups excluding carboxylic acids is 1. The second-order valence-corrected chi connectivity index (χ2v) is 5.83. The Labute approximate surface area is 140 Å². The lowest BCUT2D eigenvalue weighted by Crippen LogP contribution is -2.34. The van der Waals surface area contributed by atoms with Gasteiger partial charge in [0.05, 0.1) is 29.3 Å². The number of aromatic nitrogens is 2. The maximum atomic E-state index is 13.1. The summed E-state index contributed by atoms with van der Waals surface area (Å²) < 4.78 is 39.2. The molecular formula is C16H14F3N3O3. The Kier molecular flexibility index (Phi) is 4.23. The molecule has 1 aromatic heterocycles. The van der Waals surface area contributed by atoms with E-state index in [2.05, 4.69) is 10.2 Å². The number of carbonyl (C=O) groups is 2. The molecule has 6 nitrogen and oxygen atoms in total. The van der Waals surface area contributed by atoms with E-state index in [1.54, 1.807) is 30.3 Å². The van der Waals surface area contributed by atoms with Gasteiger partial charge in [0.2, 0.25) is 0 Å². The Bertz CT molecular complexity index is 789. The number of nitrogens with one attached hydrogen (secondary N) is 1. The van der Waals surface area contributed by atoms with Gasteiger partial charge in [-0.05, 0) is 0 Å². The summed E-state index contributed by atoms with van der Waals surface area (Å²) in [4.78, 5) is 24.7. The summed E-state index contributed by atoms with van der Waals surface area (Å²) in [6.07, 6.45) is -3.45. The highest BCUT2D eigenvalue weighted by Crippen LogP contribution is 2.38. The summed E-state index contributed by atoms with van der Waals surface area (Å²) in [5, 5.41) is 15.5. The van der Waals surface area contributed by atoms with Crippen LogP contribution in [0, 0.1) is 11.8 Å². The normalized spacial score (nSPS) is 20.7. The van der Waals surface area contributed by atoms with Crippen molar-refractivity contribution < 1.29 is 27.9 Å². The van der Waals surface area contributed by atoms with Crippen molar-refractivity contribution in [3.05, 3.63) is 42.1 Å². The van der Waals surface area contributed by atoms with E-state index < -0.39 is 43.0 Å². The van der Waals surface area contributed by atoms with E-state index >= 15 is 0 Å². The van der Waals surface area contributed by atoms with Gasteiger partial charge >= 0.3 is 12.1 Å². The minimum Gasteiger partial charge on any atom is -0.481 e. The molecule has 0 saturated carbocycles. The van der Waals surface area contributed by atoms with Gasteiger partial charge in [-0.3, -0.25) is 14.7 Å². The zero-order chi connectivity index (χ0) is 18.2. The molecule has 25 heavy (non-hydrogen) atoms. The van der Waals surface area contributed by atoms with Crippen LogP contribution in [0.4, 0.5) is 13.2 Å². The first-order valence-corrected chi connectivity index (χ1v) is 7.46. The summed E-state index contributed by atoms with van der Waals surface area (Å²) in [6.45, 7) is -1.17. The lowest BCUT2D eigenvalue weighted by molar-refractivity contribution is -0.187. The minimum atomic E-state index is -4.68. The fraction of sp³-hybridized carbons (Fsp3) is 0.312. The van der Waals surface area contributed by atoms with Gasteiger partial charge in [0.1, 0.15) is 0 Å². The number of halogens is 3. The molecule has 2 N–H and O–H groups in total. The van der Waals surface area contributed by atoms with Crippen LogP contribution in [-0.4, -0.2) is 51.3 Å². The molecule has 0 bridgehead atoms. The summed E-state index contributed by atoms with van der Waals surface area (Å²) in [5.74, 6) is -5.99. The maximum absolute atomic E-state index is 13.1. The standard InChI is InChI=1S/C16H14F3N3O3/c17-16(18,19)12-8-22(7-11(12)15(24)25)14(23)10-6-20-21-13(10)9-4-2-1-3-5-9/h1-6,11-12H,7-8H2,(H,20,21)(H,24,25)/t11-,12-/m1/s1. The molecule has 2 aromatic rings. The van der Waals surface area contributed by atoms with Crippen molar-refractivity contribution in [2.45, 2.75) is 6.18 Å². The number of amides is 1. The van der Waals surface area contributed by atoms with Gasteiger partial charge in [0.25, 0.3) is 5.91 Å². The number of likely N-dealkylation sites (tertiary alicyclic amines) is 1. The topological polar surface area (TPSA) is 86.3 Å². The number of benzene rings is 1. The van der Waals surface area contributed by atoms with Crippen LogP contribution < -0.4 is 0 Å². The van der Waals surface area contributed by atoms with Crippen molar-refractivity contribution >= 4 is 11.9 Å². The third kappa shape index (κ3) is 3.21. The van der Waals surface area contributed by atoms with Gasteiger partial charge in [-0.2, -0.15) is 18.3 Å². The minimum absolute atomic E-state index is 0.109. The van der Waals surface area contributed by atoms with Gasteiger partial charge in [-0.15, -0.1) is 0 Å². The Hall–Kier alpha value is -2.84. The maximum Gasteiger partial charge on any atom is 0.394 e. The number of hydrogen-bond donors (Lipinski definition) is 2. The average Bonchev–Trinajstić information content (AvgIpc) is 3.22. The number of alkyl halides is 3. The molecule has 0 spiro atoms. The number of carboxylic acid groups (broad SMARTS) is 1. The highest BCUT2D eigenvalue weighted by atomic mass is 19.4. The van der Waals surface area contributed by atoms with Crippen LogP contribution in [0.5, 0.6) is 0 Å². The fourth-order valence-electron chi connectivity index (χ4n) is 3.00. The summed E-state index contributed by atoms with van der Waals surface area (Å²) >= 11 is 0. The molecule has 0 unspecified atom stereocenters. The Morgan fingerprint density at radius 1 is 1.20 bits per heavy atom. The predicted molar refractivity (Wildman–Crippen MR) is 80.6 cm³/mol. The third-order valence-electron chi connectivity index (χ3n) is 4.28. The number of hydrogen-bond acceptors (Lipinski definition) is 3. The second-order valence-electron chi connectivity index (χ2n) is 5.83. The quantitative estimate of drug-likeness (QED) is 0.887. The highest BCUT2D eigenvalue weighted by Gasteiger charge is 2.53. The average molecular weight is 353 g/mol. The van der Waals surface area contributed by atoms with E-state index in [-0.39, 0.29) is 5.56 Å². The molecule has 1 amide bonds. The van der Waals surface area contributed by atoms with Crippen LogP contribution >= 0.6 is 0 Å². The van der Waals surface area contributed by atoms with Crippen molar-refractivity contribution in [3.63, 3.8) is 0 Å². The van der Waals surface area contributed by atoms with Gasteiger partial charge in [0, 0.05) is 18.7 Å². The molecule has 2 heterocycles. The van der Waals surface area contributed by atoms with Gasteiger partial charge in [-0.1, -0.05) is 30.3 Å². The Balaban J connectivity index is 1.88. The van der Waals surface area contributed by atoms with Gasteiger partial charge in [-0.25, -0.2) is 0 Å². The zero-order valence-electron chi connectivity index (χ0n) is 12.8. The third-order valence-corrected chi connectivity index (χ3v) is 4.28. The van der Waals surface area contributed by atoms with Crippen LogP contribution in [0.1, 0.15) is 10.4 Å². The van der Waals surface area contributed by atoms with Crippen LogP contribution in [0.25, 0.3) is 11.3 Å². The molecule has 0 aliphatic carbocycles. The highest BCUT2D eigenvalue weighted by molar-refractivity contribution is 6.00. The molecule has 1 saturated heterocycles. The summed E-state index contributed by atoms with van der Waals surface area (Å²) in [6, 6.07) is 8.74. The molecule has 1 fully saturated rings. The molecule has 9 heteroatoms. The smallest absolute Gasteiger partial charge is 0.394 e. The molecule has 1 aromatic carbocycles. The predicted octanol–water partition coefficient (Wildman–Crippen LogP) is 2.41. The molecule has 3 rings (SSSR count). The van der Waals surface area contributed by atoms with E-state index in [1.807, 2.05) is 0 Å². The molecule has 132 valence electrons. The summed E-state index contributed by atoms with van der Waals surface area (Å²) in [5.41, 5.74) is 1.15. The van der Waals surface area contributed by atoms with Crippen LogP contribution in [0.3, 0.4) is 0 Å². The number of H-pyrrole nitrogens is 1. The lowest BCUT2D eigenvalue weighted by atomic mass is 9.96. The number of nitrogens with zero attached hydrogens (tertiary/aromatic N) is 2. The zero-order valence-corrected chi connectivity index (χ0v) is 12.8. The molecule has 2 atom stereocenters. The number of carboxylic acids is 1. The molecular weight excluding hydrogens is 339 g/mol. The summed E-state index contributed by atoms with van der Waals surface area (Å²) in [7, 11) is 0. The number of rotatable bonds is 3. The van der Waals surface area contributed by atoms with Crippen LogP contribution in [-0.2, 0) is 4.79 Å². The number of aromatic amines is 1. The van der Waals surface area contributed by atoms with Crippen molar-refractivity contribution in [1.29, 1.82) is 0 Å². The first kappa shape index (κ1) is 17.0. The van der Waals surface area contributed by atoms with Crippen LogP contribution in [0.2, 0.25) is 0 Å². The first-order valence-electron chi connectivity index (χ1n) is 7.46. The van der Waals surface area contributed by atoms with Gasteiger partial charge < -0.3 is 10.0 Å². The molecule has 0 radical (unpaired) electrons. The van der Waals surface area contributed by atoms with Crippen molar-refractivity contribution in [1.82, 2.24) is 15.1 Å². The van der Waals surface area contributed by atoms with Crippen molar-refractivity contribution in [2.75, 3.05) is 13.1 Å². The second kappa shape index (κ2) is 6.23. The van der Waals surface area contributed by atoms with E-state index in [0.717, 1.165) is 4.90 Å². The Morgan fingerprint density at radius 2 is 1.88 bits per heavy atom. The SMILES string of the molecule is O=C(O)[C@@H]1CN(C(=O)c2cn[nH]c2-c2ccccc2)C[C@H]1C(F)(F)F. The van der Waals surface area contributed by atoms with E-state index in [9.17, 15) is 22.8 Å². The first-order chi connectivity index (χ1) is 11.8. The van der Waals surface area contributed by atoms with E-state index in [4.69, 9.17) is 5.11 Å². The molecule has 1 aliphatic heterocycles. The number of aliphatic carboxylic acids is 1. The largest absolute Gasteiger partial charge is 0.481 e.